The molecule has 102 valence electrons. The van der Waals surface area contributed by atoms with Crippen molar-refractivity contribution in [1.82, 2.24) is 9.88 Å². The van der Waals surface area contributed by atoms with Crippen LogP contribution in [0.15, 0.2) is 30.5 Å². The van der Waals surface area contributed by atoms with Gasteiger partial charge >= 0.3 is 0 Å². The Morgan fingerprint density at radius 2 is 2.11 bits per heavy atom. The van der Waals surface area contributed by atoms with Crippen molar-refractivity contribution in [3.63, 3.8) is 0 Å². The quantitative estimate of drug-likeness (QED) is 0.784. The summed E-state index contributed by atoms with van der Waals surface area (Å²) in [5, 5.41) is 9.70. The minimum atomic E-state index is 0.0502. The normalized spacial score (nSPS) is 10.8. The Morgan fingerprint density at radius 1 is 1.26 bits per heavy atom. The van der Waals surface area contributed by atoms with E-state index in [4.69, 9.17) is 5.11 Å². The number of carbonyl (C=O) groups excluding carboxylic acids is 1. The van der Waals surface area contributed by atoms with E-state index < -0.39 is 0 Å². The van der Waals surface area contributed by atoms with Crippen LogP contribution in [0.25, 0.3) is 10.9 Å². The van der Waals surface area contributed by atoms with E-state index in [0.717, 1.165) is 42.3 Å². The zero-order valence-corrected chi connectivity index (χ0v) is 11.2. The van der Waals surface area contributed by atoms with E-state index in [1.54, 1.807) is 4.90 Å². The van der Waals surface area contributed by atoms with Gasteiger partial charge in [-0.05, 0) is 37.5 Å². The van der Waals surface area contributed by atoms with Crippen LogP contribution in [0.5, 0.6) is 0 Å². The molecule has 4 nitrogen and oxygen atoms in total. The molecular weight excluding hydrogens is 240 g/mol. The molecule has 2 aromatic rings. The fourth-order valence-electron chi connectivity index (χ4n) is 2.22. The minimum absolute atomic E-state index is 0.0502. The molecule has 4 heteroatoms. The van der Waals surface area contributed by atoms with Gasteiger partial charge in [-0.25, -0.2) is 0 Å². The fourth-order valence-corrected chi connectivity index (χ4v) is 2.22. The number of benzene rings is 1. The molecule has 1 amide bonds. The van der Waals surface area contributed by atoms with Crippen molar-refractivity contribution >= 4 is 16.8 Å². The van der Waals surface area contributed by atoms with E-state index in [0.29, 0.717) is 0 Å². The molecule has 0 unspecified atom stereocenters. The summed E-state index contributed by atoms with van der Waals surface area (Å²) < 4.78 is 0. The van der Waals surface area contributed by atoms with E-state index >= 15 is 0 Å². The lowest BCUT2D eigenvalue weighted by Crippen LogP contribution is -2.27. The second-order valence-electron chi connectivity index (χ2n) is 4.76. The topological polar surface area (TPSA) is 56.3 Å². The van der Waals surface area contributed by atoms with Gasteiger partial charge < -0.3 is 15.0 Å². The molecule has 0 atom stereocenters. The van der Waals surface area contributed by atoms with Gasteiger partial charge in [-0.3, -0.25) is 4.79 Å². The van der Waals surface area contributed by atoms with Crippen molar-refractivity contribution in [3.8, 4) is 0 Å². The number of aliphatic hydroxyl groups excluding tert-OH is 1. The number of nitrogens with one attached hydrogen (secondary N) is 1. The Kier molecular flexibility index (Phi) is 4.58. The van der Waals surface area contributed by atoms with Crippen molar-refractivity contribution in [2.24, 2.45) is 0 Å². The molecule has 1 heterocycles. The van der Waals surface area contributed by atoms with Gasteiger partial charge in [-0.1, -0.05) is 6.07 Å². The number of nitrogens with zero attached hydrogens (tertiary/aromatic N) is 1. The molecule has 0 aliphatic rings. The molecule has 1 aromatic heterocycles. The summed E-state index contributed by atoms with van der Waals surface area (Å²) in [6.07, 6.45) is 4.52. The number of amides is 1. The summed E-state index contributed by atoms with van der Waals surface area (Å²) in [6.45, 7) is 0.944. The Labute approximate surface area is 113 Å². The van der Waals surface area contributed by atoms with Gasteiger partial charge in [0.2, 0.25) is 0 Å². The van der Waals surface area contributed by atoms with Gasteiger partial charge in [-0.15, -0.1) is 0 Å². The van der Waals surface area contributed by atoms with Crippen molar-refractivity contribution in [2.45, 2.75) is 19.3 Å². The maximum atomic E-state index is 12.4. The van der Waals surface area contributed by atoms with Crippen LogP contribution in [-0.4, -0.2) is 41.1 Å². The molecule has 1 aromatic carbocycles. The Balaban J connectivity index is 2.04. The smallest absolute Gasteiger partial charge is 0.254 e. The second kappa shape index (κ2) is 6.38. The Hall–Kier alpha value is -1.81. The summed E-state index contributed by atoms with van der Waals surface area (Å²) in [4.78, 5) is 17.2. The van der Waals surface area contributed by atoms with Gasteiger partial charge in [0.15, 0.2) is 0 Å². The van der Waals surface area contributed by atoms with Crippen LogP contribution in [0.2, 0.25) is 0 Å². The predicted octanol–water partition coefficient (Wildman–Crippen LogP) is 2.40. The van der Waals surface area contributed by atoms with Gasteiger partial charge in [0.05, 0.1) is 0 Å². The van der Waals surface area contributed by atoms with Crippen molar-refractivity contribution in [1.29, 1.82) is 0 Å². The van der Waals surface area contributed by atoms with E-state index in [9.17, 15) is 4.79 Å². The van der Waals surface area contributed by atoms with Crippen LogP contribution < -0.4 is 0 Å². The minimum Gasteiger partial charge on any atom is -0.396 e. The largest absolute Gasteiger partial charge is 0.396 e. The van der Waals surface area contributed by atoms with Crippen LogP contribution >= 0.6 is 0 Å². The first-order valence-corrected chi connectivity index (χ1v) is 6.66. The summed E-state index contributed by atoms with van der Waals surface area (Å²) in [7, 11) is 1.83. The Bertz CT molecular complexity index is 548. The average Bonchev–Trinajstić information content (AvgIpc) is 2.90. The van der Waals surface area contributed by atoms with Crippen LogP contribution in [0.3, 0.4) is 0 Å². The number of hydrogen-bond donors (Lipinski definition) is 2. The highest BCUT2D eigenvalue weighted by Gasteiger charge is 2.14. The molecule has 2 rings (SSSR count). The number of aliphatic hydroxyl groups is 1. The molecule has 0 saturated heterocycles. The summed E-state index contributed by atoms with van der Waals surface area (Å²) >= 11 is 0. The van der Waals surface area contributed by atoms with Crippen LogP contribution in [0.1, 0.15) is 29.6 Å². The highest BCUT2D eigenvalue weighted by atomic mass is 16.2. The lowest BCUT2D eigenvalue weighted by molar-refractivity contribution is 0.0794. The lowest BCUT2D eigenvalue weighted by atomic mass is 10.1. The summed E-state index contributed by atoms with van der Waals surface area (Å²) in [5.74, 6) is 0.0502. The summed E-state index contributed by atoms with van der Waals surface area (Å²) in [5.41, 5.74) is 1.72. The SMILES string of the molecule is CN(CCCCCO)C(=O)c1cccc2[nH]ccc12. The lowest BCUT2D eigenvalue weighted by Gasteiger charge is -2.17. The van der Waals surface area contributed by atoms with Crippen molar-refractivity contribution in [2.75, 3.05) is 20.2 Å². The van der Waals surface area contributed by atoms with E-state index in [-0.39, 0.29) is 12.5 Å². The third-order valence-electron chi connectivity index (χ3n) is 3.32. The van der Waals surface area contributed by atoms with E-state index in [1.165, 1.54) is 0 Å². The monoisotopic (exact) mass is 260 g/mol. The average molecular weight is 260 g/mol. The molecule has 0 bridgehead atoms. The van der Waals surface area contributed by atoms with Gasteiger partial charge in [0, 0.05) is 42.9 Å². The van der Waals surface area contributed by atoms with E-state index in [1.807, 2.05) is 37.5 Å². The number of carbonyl (C=O) groups is 1. The number of H-pyrrole nitrogens is 1. The molecular formula is C15H20N2O2. The number of hydrogen-bond acceptors (Lipinski definition) is 2. The first kappa shape index (κ1) is 13.6. The molecule has 0 aliphatic heterocycles. The number of aromatic amines is 1. The highest BCUT2D eigenvalue weighted by Crippen LogP contribution is 2.18. The maximum absolute atomic E-state index is 12.4. The highest BCUT2D eigenvalue weighted by molar-refractivity contribution is 6.06. The Morgan fingerprint density at radius 3 is 2.89 bits per heavy atom. The number of unbranched alkanes of at least 4 members (excludes halogenated alkanes) is 2. The number of fused-ring (bicyclic) bond motifs is 1. The second-order valence-corrected chi connectivity index (χ2v) is 4.76. The number of aromatic nitrogens is 1. The summed E-state index contributed by atoms with van der Waals surface area (Å²) in [6, 6.07) is 7.66. The number of rotatable bonds is 6. The first-order valence-electron chi connectivity index (χ1n) is 6.66. The van der Waals surface area contributed by atoms with E-state index in [2.05, 4.69) is 4.98 Å². The third kappa shape index (κ3) is 3.15. The molecule has 19 heavy (non-hydrogen) atoms. The van der Waals surface area contributed by atoms with Crippen LogP contribution in [0, 0.1) is 0 Å². The van der Waals surface area contributed by atoms with Gasteiger partial charge in [-0.2, -0.15) is 0 Å². The zero-order chi connectivity index (χ0) is 13.7. The van der Waals surface area contributed by atoms with Gasteiger partial charge in [0.25, 0.3) is 5.91 Å². The third-order valence-corrected chi connectivity index (χ3v) is 3.32. The molecule has 0 saturated carbocycles. The molecule has 0 aliphatic carbocycles. The molecule has 0 spiro atoms. The maximum Gasteiger partial charge on any atom is 0.254 e. The predicted molar refractivity (Wildman–Crippen MR) is 76.2 cm³/mol. The molecule has 0 fully saturated rings. The van der Waals surface area contributed by atoms with Gasteiger partial charge in [0.1, 0.15) is 0 Å². The van der Waals surface area contributed by atoms with Crippen molar-refractivity contribution in [3.05, 3.63) is 36.0 Å². The van der Waals surface area contributed by atoms with Crippen molar-refractivity contribution < 1.29 is 9.90 Å². The van der Waals surface area contributed by atoms with Crippen LogP contribution in [0.4, 0.5) is 0 Å². The van der Waals surface area contributed by atoms with Crippen LogP contribution in [-0.2, 0) is 0 Å². The standard InChI is InChI=1S/C15H20N2O2/c1-17(10-3-2-4-11-18)15(19)13-6-5-7-14-12(13)8-9-16-14/h5-9,16,18H,2-4,10-11H2,1H3. The molecule has 0 radical (unpaired) electrons. The fraction of sp³-hybridized carbons (Fsp3) is 0.400. The zero-order valence-electron chi connectivity index (χ0n) is 11.2. The first-order chi connectivity index (χ1) is 9.24. The molecule has 2 N–H and O–H groups in total.